The summed E-state index contributed by atoms with van der Waals surface area (Å²) in [6.07, 6.45) is 0.360. The van der Waals surface area contributed by atoms with Gasteiger partial charge in [0, 0.05) is 31.7 Å². The first-order valence-electron chi connectivity index (χ1n) is 10.5. The molecule has 0 unspecified atom stereocenters. The molecule has 1 fully saturated rings. The molecule has 3 heterocycles. The molecule has 0 saturated carbocycles. The van der Waals surface area contributed by atoms with Crippen LogP contribution in [0.3, 0.4) is 0 Å². The molecular weight excluding hydrogens is 412 g/mol. The first-order chi connectivity index (χ1) is 15.6. The molecular formula is C22H24N6O4. The van der Waals surface area contributed by atoms with Crippen LogP contribution in [0.15, 0.2) is 30.3 Å². The molecule has 32 heavy (non-hydrogen) atoms. The summed E-state index contributed by atoms with van der Waals surface area (Å²) in [6.45, 7) is 2.57. The van der Waals surface area contributed by atoms with Crippen LogP contribution in [-0.2, 0) is 24.3 Å². The number of anilines is 1. The molecule has 1 saturated heterocycles. The Kier molecular flexibility index (Phi) is 6.47. The highest BCUT2D eigenvalue weighted by Crippen LogP contribution is 2.27. The lowest BCUT2D eigenvalue weighted by atomic mass is 10.0. The number of ether oxygens (including phenoxy) is 1. The zero-order valence-electron chi connectivity index (χ0n) is 17.5. The minimum atomic E-state index is -1.18. The number of carbonyl (C=O) groups is 2. The number of carboxylic acid groups (broad SMARTS) is 1. The van der Waals surface area contributed by atoms with Gasteiger partial charge in [-0.05, 0) is 18.5 Å². The Labute approximate surface area is 185 Å². The third-order valence-corrected chi connectivity index (χ3v) is 5.66. The van der Waals surface area contributed by atoms with Crippen molar-refractivity contribution in [1.29, 1.82) is 5.26 Å². The molecule has 1 aromatic carbocycles. The van der Waals surface area contributed by atoms with Gasteiger partial charge in [0.1, 0.15) is 12.4 Å². The molecule has 1 aromatic heterocycles. The predicted octanol–water partition coefficient (Wildman–Crippen LogP) is 1.56. The predicted molar refractivity (Wildman–Crippen MR) is 114 cm³/mol. The number of nitrogens with one attached hydrogen (secondary N) is 1. The molecule has 166 valence electrons. The third kappa shape index (κ3) is 4.63. The lowest BCUT2D eigenvalue weighted by Crippen LogP contribution is -2.56. The quantitative estimate of drug-likeness (QED) is 0.716. The number of fused-ring (bicyclic) bond motifs is 1. The van der Waals surface area contributed by atoms with Crippen molar-refractivity contribution in [2.75, 3.05) is 31.1 Å². The van der Waals surface area contributed by atoms with Gasteiger partial charge in [-0.15, -0.1) is 0 Å². The van der Waals surface area contributed by atoms with Crippen LogP contribution in [0.2, 0.25) is 0 Å². The highest BCUT2D eigenvalue weighted by atomic mass is 16.6. The van der Waals surface area contributed by atoms with Gasteiger partial charge in [0.05, 0.1) is 24.2 Å². The van der Waals surface area contributed by atoms with Gasteiger partial charge in [0.2, 0.25) is 5.82 Å². The summed E-state index contributed by atoms with van der Waals surface area (Å²) in [5, 5.41) is 22.0. The van der Waals surface area contributed by atoms with Gasteiger partial charge in [-0.3, -0.25) is 0 Å². The molecule has 2 aromatic rings. The largest absolute Gasteiger partial charge is 0.475 e. The van der Waals surface area contributed by atoms with Gasteiger partial charge in [-0.25, -0.2) is 19.6 Å². The van der Waals surface area contributed by atoms with Crippen LogP contribution in [0.5, 0.6) is 0 Å². The number of hydrogen-bond donors (Lipinski definition) is 2. The van der Waals surface area contributed by atoms with Gasteiger partial charge >= 0.3 is 12.1 Å². The fourth-order valence-electron chi connectivity index (χ4n) is 4.07. The van der Waals surface area contributed by atoms with Crippen LogP contribution in [0.25, 0.3) is 0 Å². The number of aromatic carboxylic acids is 1. The van der Waals surface area contributed by atoms with Crippen molar-refractivity contribution < 1.29 is 19.4 Å². The second-order valence-corrected chi connectivity index (χ2v) is 7.72. The molecule has 4 rings (SSSR count). The highest BCUT2D eigenvalue weighted by Gasteiger charge is 2.34. The lowest BCUT2D eigenvalue weighted by Gasteiger charge is -2.41. The summed E-state index contributed by atoms with van der Waals surface area (Å²) < 4.78 is 5.47. The summed E-state index contributed by atoms with van der Waals surface area (Å²) in [5.74, 6) is -0.852. The number of benzene rings is 1. The number of carboxylic acids is 1. The van der Waals surface area contributed by atoms with Gasteiger partial charge < -0.3 is 25.0 Å². The zero-order chi connectivity index (χ0) is 22.5. The number of hydrogen-bond acceptors (Lipinski definition) is 8. The maximum absolute atomic E-state index is 12.7. The number of rotatable bonds is 5. The Balaban J connectivity index is 1.52. The van der Waals surface area contributed by atoms with Gasteiger partial charge in [0.25, 0.3) is 0 Å². The van der Waals surface area contributed by atoms with E-state index in [2.05, 4.69) is 21.4 Å². The van der Waals surface area contributed by atoms with Crippen LogP contribution in [0.4, 0.5) is 10.6 Å². The molecule has 1 amide bonds. The first kappa shape index (κ1) is 21.5. The number of carbonyl (C=O) groups excluding carboxylic acids is 1. The van der Waals surface area contributed by atoms with Crippen molar-refractivity contribution in [1.82, 2.24) is 20.2 Å². The molecule has 10 nitrogen and oxygen atoms in total. The fraction of sp³-hybridized carbons (Fsp3) is 0.409. The van der Waals surface area contributed by atoms with Crippen LogP contribution >= 0.6 is 0 Å². The van der Waals surface area contributed by atoms with Crippen LogP contribution in [0.1, 0.15) is 33.9 Å². The van der Waals surface area contributed by atoms with Crippen molar-refractivity contribution >= 4 is 17.9 Å². The number of nitriles is 1. The van der Waals surface area contributed by atoms with E-state index in [0.29, 0.717) is 44.1 Å². The normalized spacial score (nSPS) is 17.9. The first-order valence-corrected chi connectivity index (χ1v) is 10.5. The number of amides is 1. The Hall–Kier alpha value is -3.71. The molecule has 1 atom stereocenters. The minimum Gasteiger partial charge on any atom is -0.475 e. The van der Waals surface area contributed by atoms with Gasteiger partial charge in [0.15, 0.2) is 0 Å². The van der Waals surface area contributed by atoms with Crippen molar-refractivity contribution in [2.45, 2.75) is 32.0 Å². The van der Waals surface area contributed by atoms with E-state index in [1.165, 1.54) is 0 Å². The zero-order valence-corrected chi connectivity index (χ0v) is 17.5. The summed E-state index contributed by atoms with van der Waals surface area (Å²) in [4.78, 5) is 36.3. The third-order valence-electron chi connectivity index (χ3n) is 5.66. The number of nitrogens with zero attached hydrogens (tertiary/aromatic N) is 5. The molecule has 0 spiro atoms. The Morgan fingerprint density at radius 2 is 2.06 bits per heavy atom. The molecule has 0 bridgehead atoms. The summed E-state index contributed by atoms with van der Waals surface area (Å²) in [6, 6.07) is 11.2. The van der Waals surface area contributed by atoms with E-state index in [1.807, 2.05) is 35.2 Å². The van der Waals surface area contributed by atoms with Crippen molar-refractivity contribution in [2.24, 2.45) is 0 Å². The van der Waals surface area contributed by atoms with E-state index in [-0.39, 0.29) is 18.9 Å². The van der Waals surface area contributed by atoms with Crippen LogP contribution in [-0.4, -0.2) is 64.3 Å². The topological polar surface area (TPSA) is 132 Å². The van der Waals surface area contributed by atoms with Crippen molar-refractivity contribution in [3.05, 3.63) is 53.0 Å². The molecule has 0 aliphatic carbocycles. The SMILES string of the molecule is N#CC[C@H]1CN(c2nc(C(=O)O)nc3c2CCNC3)CCN1C(=O)OCc1ccccc1. The van der Waals surface area contributed by atoms with Gasteiger partial charge in [-0.1, -0.05) is 30.3 Å². The van der Waals surface area contributed by atoms with E-state index < -0.39 is 18.1 Å². The second kappa shape index (κ2) is 9.62. The standard InChI is InChI=1S/C22H24N6O4/c23-8-6-16-13-27(10-11-28(16)22(31)32-14-15-4-2-1-3-5-15)20-17-7-9-24-12-18(17)25-19(26-20)21(29)30/h1-5,16,24H,6-7,9-14H2,(H,29,30)/t16-/m0/s1. The number of aromatic nitrogens is 2. The maximum atomic E-state index is 12.7. The van der Waals surface area contributed by atoms with Crippen LogP contribution in [0, 0.1) is 11.3 Å². The maximum Gasteiger partial charge on any atom is 0.410 e. The van der Waals surface area contributed by atoms with E-state index in [4.69, 9.17) is 4.74 Å². The smallest absolute Gasteiger partial charge is 0.410 e. The van der Waals surface area contributed by atoms with Crippen molar-refractivity contribution in [3.63, 3.8) is 0 Å². The lowest BCUT2D eigenvalue weighted by molar-refractivity contribution is 0.0683. The molecule has 10 heteroatoms. The van der Waals surface area contributed by atoms with Crippen LogP contribution < -0.4 is 10.2 Å². The number of piperazine rings is 1. The second-order valence-electron chi connectivity index (χ2n) is 7.72. The van der Waals surface area contributed by atoms with E-state index in [0.717, 1.165) is 17.7 Å². The molecule has 2 aliphatic heterocycles. The van der Waals surface area contributed by atoms with E-state index >= 15 is 0 Å². The highest BCUT2D eigenvalue weighted by molar-refractivity contribution is 5.84. The summed E-state index contributed by atoms with van der Waals surface area (Å²) in [5.41, 5.74) is 2.49. The summed E-state index contributed by atoms with van der Waals surface area (Å²) >= 11 is 0. The summed E-state index contributed by atoms with van der Waals surface area (Å²) in [7, 11) is 0. The Morgan fingerprint density at radius 1 is 1.25 bits per heavy atom. The molecule has 0 radical (unpaired) electrons. The Bertz CT molecular complexity index is 1040. The monoisotopic (exact) mass is 436 g/mol. The Morgan fingerprint density at radius 3 is 2.81 bits per heavy atom. The average molecular weight is 436 g/mol. The van der Waals surface area contributed by atoms with E-state index in [9.17, 15) is 20.0 Å². The van der Waals surface area contributed by atoms with E-state index in [1.54, 1.807) is 4.90 Å². The molecule has 2 aliphatic rings. The fourth-order valence-corrected chi connectivity index (χ4v) is 4.07. The van der Waals surface area contributed by atoms with Crippen molar-refractivity contribution in [3.8, 4) is 6.07 Å². The molecule has 2 N–H and O–H groups in total. The minimum absolute atomic E-state index is 0.136. The average Bonchev–Trinajstić information content (AvgIpc) is 2.82. The van der Waals surface area contributed by atoms with Gasteiger partial charge in [-0.2, -0.15) is 5.26 Å².